The normalized spacial score (nSPS) is 12.9. The molecule has 0 amide bonds. The molecular weight excluding hydrogens is 877 g/mol. The monoisotopic (exact) mass is 985 g/mol. The predicted molar refractivity (Wildman–Crippen MR) is 307 cm³/mol. The van der Waals surface area contributed by atoms with Crippen LogP contribution in [-0.4, -0.2) is 37.2 Å². The molecule has 0 fully saturated rings. The summed E-state index contributed by atoms with van der Waals surface area (Å²) in [5.74, 6) is -0.957. The smallest absolute Gasteiger partial charge is 0.306 e. The minimum Gasteiger partial charge on any atom is -0.462 e. The first kappa shape index (κ1) is 67.1. The molecule has 6 nitrogen and oxygen atoms in total. The predicted octanol–water partition coefficient (Wildman–Crippen LogP) is 19.9. The minimum atomic E-state index is -0.798. The van der Waals surface area contributed by atoms with Gasteiger partial charge in [0.25, 0.3) is 0 Å². The molecule has 71 heavy (non-hydrogen) atoms. The van der Waals surface area contributed by atoms with Gasteiger partial charge in [-0.25, -0.2) is 0 Å². The number of esters is 3. The summed E-state index contributed by atoms with van der Waals surface area (Å²) < 4.78 is 16.8. The maximum absolute atomic E-state index is 12.8. The van der Waals surface area contributed by atoms with E-state index in [4.69, 9.17) is 14.2 Å². The molecule has 6 heteroatoms. The number of allylic oxidation sites excluding steroid dienone is 18. The summed E-state index contributed by atoms with van der Waals surface area (Å²) in [7, 11) is 0. The summed E-state index contributed by atoms with van der Waals surface area (Å²) in [6.07, 6.45) is 79.6. The first-order chi connectivity index (χ1) is 35.0. The lowest BCUT2D eigenvalue weighted by molar-refractivity contribution is -0.167. The number of hydrogen-bond donors (Lipinski definition) is 0. The molecule has 0 saturated carbocycles. The number of hydrogen-bond acceptors (Lipinski definition) is 6. The van der Waals surface area contributed by atoms with Gasteiger partial charge in [0.05, 0.1) is 0 Å². The van der Waals surface area contributed by atoms with Crippen molar-refractivity contribution in [2.75, 3.05) is 13.2 Å². The molecule has 0 aromatic heterocycles. The Morgan fingerprint density at radius 1 is 0.296 bits per heavy atom. The molecule has 0 spiro atoms. The van der Waals surface area contributed by atoms with Crippen molar-refractivity contribution in [3.63, 3.8) is 0 Å². The summed E-state index contributed by atoms with van der Waals surface area (Å²) in [6.45, 7) is 6.46. The molecule has 1 unspecified atom stereocenters. The van der Waals surface area contributed by atoms with E-state index in [0.717, 1.165) is 103 Å². The van der Waals surface area contributed by atoms with Crippen molar-refractivity contribution in [2.24, 2.45) is 0 Å². The molecule has 0 radical (unpaired) electrons. The number of unbranched alkanes of at least 4 members (excludes halogenated alkanes) is 23. The van der Waals surface area contributed by atoms with Crippen LogP contribution in [0.4, 0.5) is 0 Å². The molecule has 0 bridgehead atoms. The van der Waals surface area contributed by atoms with E-state index in [9.17, 15) is 14.4 Å². The zero-order chi connectivity index (χ0) is 51.4. The molecule has 0 rings (SSSR count). The molecule has 0 saturated heterocycles. The highest BCUT2D eigenvalue weighted by Crippen LogP contribution is 2.15. The van der Waals surface area contributed by atoms with Crippen LogP contribution < -0.4 is 0 Å². The third-order valence-corrected chi connectivity index (χ3v) is 12.3. The lowest BCUT2D eigenvalue weighted by Gasteiger charge is -2.18. The van der Waals surface area contributed by atoms with Gasteiger partial charge in [-0.05, 0) is 83.5 Å². The van der Waals surface area contributed by atoms with Crippen molar-refractivity contribution in [3.05, 3.63) is 109 Å². The van der Waals surface area contributed by atoms with Gasteiger partial charge >= 0.3 is 17.9 Å². The second kappa shape index (κ2) is 58.6. The second-order valence-electron chi connectivity index (χ2n) is 19.2. The van der Waals surface area contributed by atoms with E-state index in [1.165, 1.54) is 116 Å². The molecule has 404 valence electrons. The molecule has 0 aromatic carbocycles. The Hall–Kier alpha value is -3.93. The van der Waals surface area contributed by atoms with Gasteiger partial charge in [-0.1, -0.05) is 271 Å². The van der Waals surface area contributed by atoms with Crippen LogP contribution in [0.15, 0.2) is 109 Å². The fourth-order valence-corrected chi connectivity index (χ4v) is 7.91. The van der Waals surface area contributed by atoms with Gasteiger partial charge in [0.2, 0.25) is 0 Å². The Bertz CT molecular complexity index is 1460. The van der Waals surface area contributed by atoms with E-state index < -0.39 is 6.10 Å². The standard InChI is InChI=1S/C65H108O6/c1-4-7-10-13-16-19-21-23-25-27-28-29-30-31-32-33-34-35-36-37-38-39-41-42-44-46-49-52-55-58-64(67)70-61-62(60-69-63(66)57-54-51-48-18-15-12-9-6-3)71-65(68)59-56-53-50-47-45-43-40-26-24-22-20-17-14-11-8-5-2/h7,10,16,19,23,25,28-29,31-32,34-35,37-38,41-42,46,49,62H,4-6,8-9,11-15,17-18,20-22,24,26-27,30,33,36,39-40,43-45,47-48,50-61H2,1-3H3/b10-7-,19-16-,25-23-,29-28-,32-31-,35-34-,38-37-,42-41-,49-46-. The Kier molecular flexibility index (Phi) is 55.4. The molecular formula is C65H108O6. The van der Waals surface area contributed by atoms with Gasteiger partial charge in [0.15, 0.2) is 6.10 Å². The van der Waals surface area contributed by atoms with Gasteiger partial charge in [-0.3, -0.25) is 14.4 Å². The molecule has 0 N–H and O–H groups in total. The van der Waals surface area contributed by atoms with E-state index in [1.807, 2.05) is 0 Å². The lowest BCUT2D eigenvalue weighted by Crippen LogP contribution is -2.30. The third-order valence-electron chi connectivity index (χ3n) is 12.3. The summed E-state index contributed by atoms with van der Waals surface area (Å²) in [6, 6.07) is 0. The van der Waals surface area contributed by atoms with Gasteiger partial charge in [-0.15, -0.1) is 0 Å². The quantitative estimate of drug-likeness (QED) is 0.0261. The second-order valence-corrected chi connectivity index (χ2v) is 19.2. The highest BCUT2D eigenvalue weighted by Gasteiger charge is 2.19. The van der Waals surface area contributed by atoms with Crippen molar-refractivity contribution < 1.29 is 28.6 Å². The van der Waals surface area contributed by atoms with Crippen LogP contribution in [-0.2, 0) is 28.6 Å². The van der Waals surface area contributed by atoms with Crippen molar-refractivity contribution in [1.29, 1.82) is 0 Å². The molecule has 0 aliphatic carbocycles. The number of carbonyl (C=O) groups excluding carboxylic acids is 3. The lowest BCUT2D eigenvalue weighted by atomic mass is 10.0. The first-order valence-corrected chi connectivity index (χ1v) is 29.4. The minimum absolute atomic E-state index is 0.0939. The fraction of sp³-hybridized carbons (Fsp3) is 0.677. The van der Waals surface area contributed by atoms with Crippen LogP contribution in [0.3, 0.4) is 0 Å². The highest BCUT2D eigenvalue weighted by molar-refractivity contribution is 5.71. The largest absolute Gasteiger partial charge is 0.462 e. The van der Waals surface area contributed by atoms with Gasteiger partial charge in [0.1, 0.15) is 13.2 Å². The number of ether oxygens (including phenoxy) is 3. The van der Waals surface area contributed by atoms with Crippen molar-refractivity contribution in [2.45, 2.75) is 271 Å². The van der Waals surface area contributed by atoms with Crippen LogP contribution in [0.2, 0.25) is 0 Å². The Morgan fingerprint density at radius 3 is 0.859 bits per heavy atom. The zero-order valence-electron chi connectivity index (χ0n) is 46.2. The molecule has 0 aliphatic rings. The summed E-state index contributed by atoms with van der Waals surface area (Å²) in [5.41, 5.74) is 0. The Labute approximate surface area is 438 Å². The average molecular weight is 986 g/mol. The SMILES string of the molecule is CC/C=C\C/C=C\C/C=C\C/C=C\C/C=C\C/C=C\C/C=C\C/C=C\C/C=C\CCCC(=O)OCC(COC(=O)CCCCCCCCCC)OC(=O)CCCCCCCCCCCCCCCCCC. The van der Waals surface area contributed by atoms with E-state index in [-0.39, 0.29) is 37.5 Å². The van der Waals surface area contributed by atoms with E-state index in [2.05, 4.69) is 130 Å². The molecule has 1 atom stereocenters. The van der Waals surface area contributed by atoms with Crippen LogP contribution in [0.5, 0.6) is 0 Å². The van der Waals surface area contributed by atoms with E-state index in [1.54, 1.807) is 0 Å². The number of carbonyl (C=O) groups is 3. The molecule has 0 aliphatic heterocycles. The first-order valence-electron chi connectivity index (χ1n) is 29.4. The Morgan fingerprint density at radius 2 is 0.549 bits per heavy atom. The Balaban J connectivity index is 4.32. The van der Waals surface area contributed by atoms with Gasteiger partial charge < -0.3 is 14.2 Å². The van der Waals surface area contributed by atoms with Crippen LogP contribution >= 0.6 is 0 Å². The van der Waals surface area contributed by atoms with Crippen molar-refractivity contribution in [3.8, 4) is 0 Å². The average Bonchev–Trinajstić information content (AvgIpc) is 3.37. The topological polar surface area (TPSA) is 78.9 Å². The highest BCUT2D eigenvalue weighted by atomic mass is 16.6. The van der Waals surface area contributed by atoms with Crippen LogP contribution in [0.1, 0.15) is 265 Å². The van der Waals surface area contributed by atoms with Crippen LogP contribution in [0.25, 0.3) is 0 Å². The van der Waals surface area contributed by atoms with E-state index in [0.29, 0.717) is 19.3 Å². The fourth-order valence-electron chi connectivity index (χ4n) is 7.91. The summed E-state index contributed by atoms with van der Waals surface area (Å²) in [5, 5.41) is 0. The maximum Gasteiger partial charge on any atom is 0.306 e. The van der Waals surface area contributed by atoms with Crippen LogP contribution in [0, 0.1) is 0 Å². The van der Waals surface area contributed by atoms with Gasteiger partial charge in [0, 0.05) is 19.3 Å². The van der Waals surface area contributed by atoms with Crippen molar-refractivity contribution >= 4 is 17.9 Å². The molecule has 0 aromatic rings. The summed E-state index contributed by atoms with van der Waals surface area (Å²) >= 11 is 0. The molecule has 0 heterocycles. The zero-order valence-corrected chi connectivity index (χ0v) is 46.2. The van der Waals surface area contributed by atoms with E-state index >= 15 is 0 Å². The van der Waals surface area contributed by atoms with Crippen molar-refractivity contribution in [1.82, 2.24) is 0 Å². The maximum atomic E-state index is 12.8. The number of rotatable bonds is 52. The van der Waals surface area contributed by atoms with Gasteiger partial charge in [-0.2, -0.15) is 0 Å². The third kappa shape index (κ3) is 56.9. The summed E-state index contributed by atoms with van der Waals surface area (Å²) in [4.78, 5) is 38.0.